The van der Waals surface area contributed by atoms with Crippen molar-refractivity contribution in [2.24, 2.45) is 17.3 Å². The van der Waals surface area contributed by atoms with Crippen LogP contribution in [-0.4, -0.2) is 58.7 Å². The molecule has 7 heteroatoms. The molecule has 0 aromatic heterocycles. The van der Waals surface area contributed by atoms with Gasteiger partial charge in [0.15, 0.2) is 6.29 Å². The van der Waals surface area contributed by atoms with E-state index in [0.717, 1.165) is 64.4 Å². The van der Waals surface area contributed by atoms with Crippen molar-refractivity contribution in [1.82, 2.24) is 0 Å². The van der Waals surface area contributed by atoms with Gasteiger partial charge in [0.1, 0.15) is 0 Å². The van der Waals surface area contributed by atoms with E-state index in [4.69, 9.17) is 18.6 Å². The van der Waals surface area contributed by atoms with Crippen molar-refractivity contribution in [3.8, 4) is 0 Å². The van der Waals surface area contributed by atoms with Crippen LogP contribution in [-0.2, 0) is 29.9 Å². The van der Waals surface area contributed by atoms with Crippen LogP contribution >= 0.6 is 0 Å². The highest BCUT2D eigenvalue weighted by molar-refractivity contribution is 6.99. The molecule has 1 unspecified atom stereocenters. The first-order chi connectivity index (χ1) is 24.7. The normalized spacial score (nSPS) is 24.2. The van der Waals surface area contributed by atoms with Gasteiger partial charge in [0.25, 0.3) is 8.32 Å². The van der Waals surface area contributed by atoms with Gasteiger partial charge in [0.2, 0.25) is 0 Å². The zero-order chi connectivity index (χ0) is 36.2. The molecule has 1 saturated heterocycles. The number of allylic oxidation sites excluding steroid dienone is 2. The van der Waals surface area contributed by atoms with E-state index >= 15 is 0 Å². The second kappa shape index (κ2) is 18.6. The SMILES string of the molecule is COC(=O)CCCC=CC[C@@H]1[C@@H](CO[Si](c2ccccc2)(c2ccccc2)C(C)(C)C)[C@H](OC2CCCCO2)C[C@@]1(CO)CCc1ccccc1. The predicted octanol–water partition coefficient (Wildman–Crippen LogP) is 8.01. The molecule has 0 radical (unpaired) electrons. The molecule has 276 valence electrons. The van der Waals surface area contributed by atoms with Crippen molar-refractivity contribution in [3.63, 3.8) is 0 Å². The van der Waals surface area contributed by atoms with Crippen molar-refractivity contribution in [1.29, 1.82) is 0 Å². The van der Waals surface area contributed by atoms with Crippen LogP contribution in [0, 0.1) is 17.3 Å². The molecule has 2 fully saturated rings. The minimum Gasteiger partial charge on any atom is -0.469 e. The van der Waals surface area contributed by atoms with E-state index in [0.29, 0.717) is 13.0 Å². The zero-order valence-corrected chi connectivity index (χ0v) is 32.3. The number of aliphatic hydroxyl groups is 1. The fourth-order valence-corrected chi connectivity index (χ4v) is 13.2. The number of carbonyl (C=O) groups is 1. The number of aryl methyl sites for hydroxylation is 1. The van der Waals surface area contributed by atoms with Gasteiger partial charge in [0, 0.05) is 32.2 Å². The van der Waals surface area contributed by atoms with Crippen molar-refractivity contribution < 1.29 is 28.5 Å². The summed E-state index contributed by atoms with van der Waals surface area (Å²) in [6.45, 7) is 8.30. The third kappa shape index (κ3) is 9.68. The van der Waals surface area contributed by atoms with Gasteiger partial charge in [-0.2, -0.15) is 0 Å². The monoisotopic (exact) mass is 712 g/mol. The van der Waals surface area contributed by atoms with Crippen LogP contribution in [0.4, 0.5) is 0 Å². The van der Waals surface area contributed by atoms with Gasteiger partial charge in [-0.3, -0.25) is 4.79 Å². The summed E-state index contributed by atoms with van der Waals surface area (Å²) in [6.07, 6.45) is 12.4. The van der Waals surface area contributed by atoms with Crippen LogP contribution in [0.3, 0.4) is 0 Å². The predicted molar refractivity (Wildman–Crippen MR) is 208 cm³/mol. The summed E-state index contributed by atoms with van der Waals surface area (Å²) in [7, 11) is -1.39. The van der Waals surface area contributed by atoms with E-state index < -0.39 is 8.32 Å². The first kappa shape index (κ1) is 39.1. The Bertz CT molecular complexity index is 1440. The molecular weight excluding hydrogens is 653 g/mol. The third-order valence-corrected chi connectivity index (χ3v) is 16.4. The minimum atomic E-state index is -2.83. The average Bonchev–Trinajstić information content (AvgIpc) is 3.45. The Labute approximate surface area is 307 Å². The largest absolute Gasteiger partial charge is 0.469 e. The Hall–Kier alpha value is -3.07. The fraction of sp³-hybridized carbons (Fsp3) is 0.523. The first-order valence-electron chi connectivity index (χ1n) is 19.1. The van der Waals surface area contributed by atoms with E-state index in [-0.39, 0.29) is 47.3 Å². The Morgan fingerprint density at radius 2 is 1.59 bits per heavy atom. The maximum Gasteiger partial charge on any atom is 0.305 e. The number of aliphatic hydroxyl groups excluding tert-OH is 1. The molecule has 2 aliphatic rings. The van der Waals surface area contributed by atoms with Crippen LogP contribution < -0.4 is 10.4 Å². The van der Waals surface area contributed by atoms with Crippen LogP contribution in [0.1, 0.15) is 84.1 Å². The maximum atomic E-state index is 11.7. The Kier molecular flexibility index (Phi) is 14.3. The number of rotatable bonds is 17. The van der Waals surface area contributed by atoms with Gasteiger partial charge in [-0.15, -0.1) is 0 Å². The lowest BCUT2D eigenvalue weighted by Gasteiger charge is -2.44. The third-order valence-electron chi connectivity index (χ3n) is 11.4. The average molecular weight is 713 g/mol. The number of hydrogen-bond acceptors (Lipinski definition) is 6. The second-order valence-corrected chi connectivity index (χ2v) is 19.9. The fourth-order valence-electron chi connectivity index (χ4n) is 8.62. The highest BCUT2D eigenvalue weighted by Gasteiger charge is 2.56. The molecule has 5 atom stereocenters. The molecule has 1 aliphatic carbocycles. The topological polar surface area (TPSA) is 74.2 Å². The quantitative estimate of drug-likeness (QED) is 0.0662. The summed E-state index contributed by atoms with van der Waals surface area (Å²) in [4.78, 5) is 11.7. The number of esters is 1. The van der Waals surface area contributed by atoms with Gasteiger partial charge in [-0.25, -0.2) is 0 Å². The summed E-state index contributed by atoms with van der Waals surface area (Å²) in [6, 6.07) is 32.3. The summed E-state index contributed by atoms with van der Waals surface area (Å²) < 4.78 is 25.6. The van der Waals surface area contributed by atoms with E-state index in [2.05, 4.69) is 124 Å². The summed E-state index contributed by atoms with van der Waals surface area (Å²) in [5, 5.41) is 13.8. The lowest BCUT2D eigenvalue weighted by molar-refractivity contribution is -0.198. The van der Waals surface area contributed by atoms with E-state index in [1.165, 1.54) is 23.0 Å². The number of benzene rings is 3. The molecule has 1 saturated carbocycles. The standard InChI is InChI=1S/C44H60O6Si/c1-43(2,3)51(36-22-12-8-13-23-36,37-24-14-9-15-25-37)49-33-38-39(26-16-5-6-17-27-41(46)47-4)44(34-45,30-29-35-20-10-7-11-21-35)32-40(38)50-42-28-18-19-31-48-42/h5,7-16,20-25,38-40,42,45H,6,17-19,26-34H2,1-4H3/t38-,39-,40-,42?,44-/m1/s1. The van der Waals surface area contributed by atoms with Crippen LogP contribution in [0.15, 0.2) is 103 Å². The van der Waals surface area contributed by atoms with Crippen molar-refractivity contribution >= 4 is 24.7 Å². The van der Waals surface area contributed by atoms with E-state index in [9.17, 15) is 9.90 Å². The highest BCUT2D eigenvalue weighted by atomic mass is 28.4. The molecule has 0 bridgehead atoms. The minimum absolute atomic E-state index is 0.0415. The number of ether oxygens (including phenoxy) is 3. The van der Waals surface area contributed by atoms with E-state index in [1.54, 1.807) is 0 Å². The van der Waals surface area contributed by atoms with Gasteiger partial charge in [0.05, 0.1) is 13.2 Å². The van der Waals surface area contributed by atoms with Crippen molar-refractivity contribution in [2.45, 2.75) is 102 Å². The Morgan fingerprint density at radius 3 is 2.16 bits per heavy atom. The zero-order valence-electron chi connectivity index (χ0n) is 31.3. The van der Waals surface area contributed by atoms with Crippen molar-refractivity contribution in [3.05, 3.63) is 109 Å². The summed E-state index contributed by atoms with van der Waals surface area (Å²) >= 11 is 0. The summed E-state index contributed by atoms with van der Waals surface area (Å²) in [5.74, 6) is -0.0143. The first-order valence-corrected chi connectivity index (χ1v) is 21.0. The van der Waals surface area contributed by atoms with Gasteiger partial charge in [-0.05, 0) is 90.1 Å². The lowest BCUT2D eigenvalue weighted by Crippen LogP contribution is -2.67. The summed E-state index contributed by atoms with van der Waals surface area (Å²) in [5.41, 5.74) is 0.924. The molecule has 3 aromatic carbocycles. The van der Waals surface area contributed by atoms with E-state index in [1.807, 2.05) is 0 Å². The highest BCUT2D eigenvalue weighted by Crippen LogP contribution is 2.54. The molecule has 6 nitrogen and oxygen atoms in total. The number of unbranched alkanes of at least 4 members (excludes halogenated alkanes) is 1. The molecule has 5 rings (SSSR count). The Morgan fingerprint density at radius 1 is 0.941 bits per heavy atom. The van der Waals surface area contributed by atoms with Crippen LogP contribution in [0.25, 0.3) is 0 Å². The number of carbonyl (C=O) groups excluding carboxylic acids is 1. The molecule has 1 heterocycles. The smallest absolute Gasteiger partial charge is 0.305 e. The van der Waals surface area contributed by atoms with Crippen LogP contribution in [0.5, 0.6) is 0 Å². The second-order valence-electron chi connectivity index (χ2n) is 15.6. The van der Waals surface area contributed by atoms with Crippen LogP contribution in [0.2, 0.25) is 5.04 Å². The van der Waals surface area contributed by atoms with Gasteiger partial charge < -0.3 is 23.7 Å². The molecule has 0 spiro atoms. The molecule has 3 aromatic rings. The molecule has 51 heavy (non-hydrogen) atoms. The molecule has 1 aliphatic heterocycles. The van der Waals surface area contributed by atoms with Gasteiger partial charge in [-0.1, -0.05) is 124 Å². The van der Waals surface area contributed by atoms with Gasteiger partial charge >= 0.3 is 5.97 Å². The number of hydrogen-bond donors (Lipinski definition) is 1. The molecule has 1 N–H and O–H groups in total. The molecular formula is C44H60O6Si. The Balaban J connectivity index is 1.52. The maximum absolute atomic E-state index is 11.7. The molecule has 0 amide bonds. The lowest BCUT2D eigenvalue weighted by atomic mass is 9.71. The van der Waals surface area contributed by atoms with Crippen molar-refractivity contribution in [2.75, 3.05) is 26.9 Å². The number of methoxy groups -OCH3 is 1.